The molecular weight excluding hydrogens is 244 g/mol. The van der Waals surface area contributed by atoms with Crippen molar-refractivity contribution in [3.8, 4) is 0 Å². The van der Waals surface area contributed by atoms with Crippen LogP contribution in [0.3, 0.4) is 0 Å². The predicted molar refractivity (Wildman–Crippen MR) is 86.1 cm³/mol. The first-order valence-electron chi connectivity index (χ1n) is 7.71. The van der Waals surface area contributed by atoms with Crippen molar-refractivity contribution in [1.29, 1.82) is 0 Å². The number of fused-ring (bicyclic) bond motifs is 1. The monoisotopic (exact) mass is 268 g/mol. The molecule has 0 N–H and O–H groups in total. The highest BCUT2D eigenvalue weighted by Gasteiger charge is 2.12. The fourth-order valence-electron chi connectivity index (χ4n) is 3.23. The molecule has 2 nitrogen and oxygen atoms in total. The van der Waals surface area contributed by atoms with Gasteiger partial charge in [-0.25, -0.2) is 0 Å². The molecule has 0 aliphatic carbocycles. The lowest BCUT2D eigenvalue weighted by atomic mass is 10.1. The molecule has 1 aliphatic rings. The van der Waals surface area contributed by atoms with Gasteiger partial charge in [-0.05, 0) is 30.9 Å². The average molecular weight is 268 g/mol. The Labute approximate surface area is 121 Å². The molecule has 2 heterocycles. The van der Waals surface area contributed by atoms with Crippen LogP contribution in [0.4, 0.5) is 0 Å². The van der Waals surface area contributed by atoms with Crippen LogP contribution in [0.25, 0.3) is 10.9 Å². The van der Waals surface area contributed by atoms with Crippen LogP contribution in [0.15, 0.2) is 42.1 Å². The van der Waals surface area contributed by atoms with Crippen molar-refractivity contribution < 1.29 is 0 Å². The minimum atomic E-state index is 1.15. The molecule has 0 unspecified atom stereocenters. The van der Waals surface area contributed by atoms with E-state index in [-0.39, 0.29) is 0 Å². The van der Waals surface area contributed by atoms with E-state index in [1.807, 2.05) is 0 Å². The Hall–Kier alpha value is -1.54. The summed E-state index contributed by atoms with van der Waals surface area (Å²) in [6.45, 7) is 5.82. The summed E-state index contributed by atoms with van der Waals surface area (Å²) in [5, 5.41) is 1.42. The van der Waals surface area contributed by atoms with Crippen LogP contribution in [0, 0.1) is 0 Å². The number of aryl methyl sites for hydroxylation is 1. The van der Waals surface area contributed by atoms with Crippen molar-refractivity contribution in [3.63, 3.8) is 0 Å². The molecule has 106 valence electrons. The first-order valence-corrected chi connectivity index (χ1v) is 7.71. The third-order valence-electron chi connectivity index (χ3n) is 4.44. The molecule has 20 heavy (non-hydrogen) atoms. The zero-order valence-electron chi connectivity index (χ0n) is 12.6. The number of para-hydroxylation sites is 1. The fourth-order valence-corrected chi connectivity index (χ4v) is 3.23. The molecule has 0 bridgehead atoms. The molecule has 0 spiro atoms. The third-order valence-corrected chi connectivity index (χ3v) is 4.44. The smallest absolute Gasteiger partial charge is 0.0480 e. The number of benzene rings is 1. The van der Waals surface area contributed by atoms with E-state index in [0.29, 0.717) is 0 Å². The fraction of sp³-hybridized carbons (Fsp3) is 0.444. The maximum Gasteiger partial charge on any atom is 0.0480 e. The summed E-state index contributed by atoms with van der Waals surface area (Å²) in [7, 11) is 2.14. The van der Waals surface area contributed by atoms with Gasteiger partial charge in [0.05, 0.1) is 0 Å². The van der Waals surface area contributed by atoms with Gasteiger partial charge in [0.2, 0.25) is 0 Å². The minimum Gasteiger partial charge on any atom is -0.350 e. The summed E-state index contributed by atoms with van der Waals surface area (Å²) in [6, 6.07) is 8.72. The summed E-state index contributed by atoms with van der Waals surface area (Å²) in [4.78, 5) is 2.60. The Morgan fingerprint density at radius 1 is 1.20 bits per heavy atom. The summed E-state index contributed by atoms with van der Waals surface area (Å²) >= 11 is 0. The lowest BCUT2D eigenvalue weighted by Gasteiger charge is -2.26. The van der Waals surface area contributed by atoms with E-state index >= 15 is 0 Å². The Kier molecular flexibility index (Phi) is 3.93. The van der Waals surface area contributed by atoms with Gasteiger partial charge in [-0.2, -0.15) is 0 Å². The number of hydrogen-bond donors (Lipinski definition) is 0. The molecule has 0 atom stereocenters. The molecule has 0 saturated heterocycles. The molecule has 3 rings (SSSR count). The lowest BCUT2D eigenvalue weighted by Crippen LogP contribution is -2.31. The Morgan fingerprint density at radius 2 is 2.05 bits per heavy atom. The Morgan fingerprint density at radius 3 is 2.90 bits per heavy atom. The van der Waals surface area contributed by atoms with Crippen LogP contribution < -0.4 is 0 Å². The summed E-state index contributed by atoms with van der Waals surface area (Å²) in [5.74, 6) is 0. The van der Waals surface area contributed by atoms with Crippen molar-refractivity contribution in [2.75, 3.05) is 19.6 Å². The van der Waals surface area contributed by atoms with Crippen molar-refractivity contribution in [3.05, 3.63) is 47.7 Å². The van der Waals surface area contributed by atoms with Gasteiger partial charge in [0.15, 0.2) is 0 Å². The van der Waals surface area contributed by atoms with Crippen molar-refractivity contribution in [2.45, 2.75) is 26.2 Å². The summed E-state index contributed by atoms with van der Waals surface area (Å²) < 4.78 is 2.25. The number of aromatic nitrogens is 1. The van der Waals surface area contributed by atoms with E-state index in [2.05, 4.69) is 60.0 Å². The zero-order chi connectivity index (χ0) is 13.9. The van der Waals surface area contributed by atoms with Gasteiger partial charge < -0.3 is 4.57 Å². The molecule has 0 amide bonds. The van der Waals surface area contributed by atoms with Gasteiger partial charge in [-0.3, -0.25) is 4.90 Å². The zero-order valence-corrected chi connectivity index (χ0v) is 12.6. The second kappa shape index (κ2) is 5.84. The molecule has 2 aromatic rings. The average Bonchev–Trinajstić information content (AvgIpc) is 2.82. The summed E-state index contributed by atoms with van der Waals surface area (Å²) in [5.41, 5.74) is 4.43. The molecule has 0 radical (unpaired) electrons. The first kappa shape index (κ1) is 13.4. The van der Waals surface area contributed by atoms with Gasteiger partial charge in [-0.15, -0.1) is 0 Å². The van der Waals surface area contributed by atoms with E-state index < -0.39 is 0 Å². The number of hydrogen-bond acceptors (Lipinski definition) is 1. The second-order valence-electron chi connectivity index (χ2n) is 5.81. The van der Waals surface area contributed by atoms with Crippen molar-refractivity contribution in [1.82, 2.24) is 9.47 Å². The van der Waals surface area contributed by atoms with Gasteiger partial charge in [0.1, 0.15) is 0 Å². The lowest BCUT2D eigenvalue weighted by molar-refractivity contribution is 0.291. The van der Waals surface area contributed by atoms with Crippen LogP contribution >= 0.6 is 0 Å². The molecule has 0 fully saturated rings. The van der Waals surface area contributed by atoms with Gasteiger partial charge in [-0.1, -0.05) is 36.8 Å². The highest BCUT2D eigenvalue weighted by atomic mass is 15.1. The molecule has 1 aromatic heterocycles. The predicted octanol–water partition coefficient (Wildman–Crippen LogP) is 3.76. The first-order chi connectivity index (χ1) is 9.78. The topological polar surface area (TPSA) is 8.17 Å². The van der Waals surface area contributed by atoms with E-state index in [4.69, 9.17) is 0 Å². The third kappa shape index (κ3) is 2.66. The van der Waals surface area contributed by atoms with Crippen LogP contribution in [0.5, 0.6) is 0 Å². The summed E-state index contributed by atoms with van der Waals surface area (Å²) in [6.07, 6.45) is 8.29. The molecular formula is C18H24N2. The highest BCUT2D eigenvalue weighted by molar-refractivity contribution is 5.83. The maximum atomic E-state index is 2.60. The molecule has 1 aromatic carbocycles. The molecule has 0 saturated carbocycles. The quantitative estimate of drug-likeness (QED) is 0.766. The Bertz CT molecular complexity index is 621. The largest absolute Gasteiger partial charge is 0.350 e. The second-order valence-corrected chi connectivity index (χ2v) is 5.81. The SMILES string of the molecule is CCC1=CCCN(CCc2cn(C)c3ccccc23)C1. The van der Waals surface area contributed by atoms with Gasteiger partial charge >= 0.3 is 0 Å². The van der Waals surface area contributed by atoms with Crippen LogP contribution in [-0.2, 0) is 13.5 Å². The van der Waals surface area contributed by atoms with Crippen molar-refractivity contribution >= 4 is 10.9 Å². The molecule has 2 heteroatoms. The van der Waals surface area contributed by atoms with E-state index in [1.165, 1.54) is 48.9 Å². The normalized spacial score (nSPS) is 16.6. The maximum absolute atomic E-state index is 2.60. The Balaban J connectivity index is 1.70. The standard InChI is InChI=1S/C18H24N2/c1-3-15-7-6-11-20(13-15)12-10-16-14-19(2)18-9-5-4-8-17(16)18/h4-5,7-9,14H,3,6,10-13H2,1-2H3. The van der Waals surface area contributed by atoms with E-state index in [0.717, 1.165) is 6.42 Å². The van der Waals surface area contributed by atoms with Crippen LogP contribution in [0.1, 0.15) is 25.3 Å². The van der Waals surface area contributed by atoms with Gasteiger partial charge in [0, 0.05) is 43.8 Å². The minimum absolute atomic E-state index is 1.15. The van der Waals surface area contributed by atoms with Gasteiger partial charge in [0.25, 0.3) is 0 Å². The number of nitrogens with zero attached hydrogens (tertiary/aromatic N) is 2. The van der Waals surface area contributed by atoms with Crippen LogP contribution in [-0.4, -0.2) is 29.1 Å². The van der Waals surface area contributed by atoms with Crippen LogP contribution in [0.2, 0.25) is 0 Å². The van der Waals surface area contributed by atoms with E-state index in [1.54, 1.807) is 5.57 Å². The highest BCUT2D eigenvalue weighted by Crippen LogP contribution is 2.21. The number of rotatable bonds is 4. The molecule has 1 aliphatic heterocycles. The van der Waals surface area contributed by atoms with Crippen molar-refractivity contribution in [2.24, 2.45) is 7.05 Å². The van der Waals surface area contributed by atoms with E-state index in [9.17, 15) is 0 Å².